The van der Waals surface area contributed by atoms with Crippen molar-refractivity contribution in [3.8, 4) is 0 Å². The van der Waals surface area contributed by atoms with Crippen LogP contribution in [0.2, 0.25) is 0 Å². The number of alkyl halides is 3. The fraction of sp³-hybridized carbons (Fsp3) is 1.00. The van der Waals surface area contributed by atoms with Crippen molar-refractivity contribution in [2.75, 3.05) is 26.3 Å². The van der Waals surface area contributed by atoms with Gasteiger partial charge in [-0.25, -0.2) is 0 Å². The van der Waals surface area contributed by atoms with E-state index in [0.717, 1.165) is 0 Å². The third-order valence-corrected chi connectivity index (χ3v) is 1.83. The fourth-order valence-electron chi connectivity index (χ4n) is 1.08. The van der Waals surface area contributed by atoms with Crippen LogP contribution in [0.5, 0.6) is 0 Å². The molecule has 98 valence electrons. The van der Waals surface area contributed by atoms with Gasteiger partial charge in [0, 0.05) is 13.2 Å². The Hall–Kier alpha value is -0.370. The van der Waals surface area contributed by atoms with E-state index in [-0.39, 0.29) is 6.54 Å². The molecule has 3 N–H and O–H groups in total. The van der Waals surface area contributed by atoms with Crippen molar-refractivity contribution in [1.29, 1.82) is 0 Å². The number of ether oxygens (including phenoxy) is 2. The highest BCUT2D eigenvalue weighted by Gasteiger charge is 2.39. The van der Waals surface area contributed by atoms with Gasteiger partial charge in [0.25, 0.3) is 0 Å². The van der Waals surface area contributed by atoms with Crippen molar-refractivity contribution in [2.24, 2.45) is 0 Å². The average molecular weight is 246 g/mol. The smallest absolute Gasteiger partial charge is 0.379 e. The van der Waals surface area contributed by atoms with E-state index < -0.39 is 25.1 Å². The van der Waals surface area contributed by atoms with Gasteiger partial charge in [0.1, 0.15) is 13.1 Å². The minimum Gasteiger partial charge on any atom is -0.379 e. The van der Waals surface area contributed by atoms with Gasteiger partial charge >= 0.3 is 6.18 Å². The summed E-state index contributed by atoms with van der Waals surface area (Å²) >= 11 is 0. The summed E-state index contributed by atoms with van der Waals surface area (Å²) in [6.07, 6.45) is -7.41. The molecule has 0 rings (SSSR count). The monoisotopic (exact) mass is 246 g/mol. The van der Waals surface area contributed by atoms with E-state index in [4.69, 9.17) is 14.6 Å². The van der Waals surface area contributed by atoms with Gasteiger partial charge < -0.3 is 19.9 Å². The topological polar surface area (TPSA) is 55.3 Å². The van der Waals surface area contributed by atoms with Crippen LogP contribution >= 0.6 is 0 Å². The zero-order valence-corrected chi connectivity index (χ0v) is 9.46. The highest BCUT2D eigenvalue weighted by atomic mass is 19.4. The first-order valence-corrected chi connectivity index (χ1v) is 5.21. The van der Waals surface area contributed by atoms with Crippen molar-refractivity contribution in [1.82, 2.24) is 0 Å². The lowest BCUT2D eigenvalue weighted by Gasteiger charge is -2.17. The minimum atomic E-state index is -4.57. The third kappa shape index (κ3) is 7.00. The van der Waals surface area contributed by atoms with E-state index in [0.29, 0.717) is 13.2 Å². The van der Waals surface area contributed by atoms with Crippen molar-refractivity contribution in [3.63, 3.8) is 0 Å². The molecule has 0 aliphatic rings. The second-order valence-corrected chi connectivity index (χ2v) is 3.16. The maximum atomic E-state index is 11.9. The SMILES string of the molecule is CCOC(C[NH2+]C[C@@H](O)C(F)(F)F)OCC. The number of rotatable bonds is 8. The lowest BCUT2D eigenvalue weighted by molar-refractivity contribution is -0.677. The summed E-state index contributed by atoms with van der Waals surface area (Å²) in [6.45, 7) is 4.20. The molecule has 16 heavy (non-hydrogen) atoms. The van der Waals surface area contributed by atoms with E-state index >= 15 is 0 Å². The number of halogens is 3. The Labute approximate surface area is 92.7 Å². The number of aliphatic hydroxyl groups is 1. The van der Waals surface area contributed by atoms with E-state index in [2.05, 4.69) is 0 Å². The maximum absolute atomic E-state index is 11.9. The quantitative estimate of drug-likeness (QED) is 0.587. The summed E-state index contributed by atoms with van der Waals surface area (Å²) < 4.78 is 46.1. The van der Waals surface area contributed by atoms with Crippen LogP contribution in [0.15, 0.2) is 0 Å². The second kappa shape index (κ2) is 7.83. The molecule has 1 atom stereocenters. The van der Waals surface area contributed by atoms with Gasteiger partial charge in [0.15, 0.2) is 6.10 Å². The molecular weight excluding hydrogens is 227 g/mol. The van der Waals surface area contributed by atoms with Gasteiger partial charge in [-0.15, -0.1) is 0 Å². The molecule has 0 radical (unpaired) electrons. The first-order chi connectivity index (χ1) is 7.41. The lowest BCUT2D eigenvalue weighted by Crippen LogP contribution is -2.89. The summed E-state index contributed by atoms with van der Waals surface area (Å²) in [5, 5.41) is 10.0. The van der Waals surface area contributed by atoms with Gasteiger partial charge in [0.2, 0.25) is 6.29 Å². The highest BCUT2D eigenvalue weighted by molar-refractivity contribution is 4.61. The molecule has 0 unspecified atom stereocenters. The Balaban J connectivity index is 3.76. The predicted molar refractivity (Wildman–Crippen MR) is 50.8 cm³/mol. The Morgan fingerprint density at radius 1 is 1.12 bits per heavy atom. The van der Waals surface area contributed by atoms with E-state index in [1.165, 1.54) is 5.32 Å². The summed E-state index contributed by atoms with van der Waals surface area (Å²) in [5.74, 6) is 0. The van der Waals surface area contributed by atoms with Gasteiger partial charge in [-0.2, -0.15) is 13.2 Å². The van der Waals surface area contributed by atoms with Crippen LogP contribution in [0.1, 0.15) is 13.8 Å². The number of hydrogen-bond acceptors (Lipinski definition) is 3. The van der Waals surface area contributed by atoms with E-state index in [1.54, 1.807) is 13.8 Å². The summed E-state index contributed by atoms with van der Waals surface area (Å²) in [5.41, 5.74) is 0. The van der Waals surface area contributed by atoms with Crippen LogP contribution in [0.25, 0.3) is 0 Å². The Kier molecular flexibility index (Phi) is 7.65. The Morgan fingerprint density at radius 3 is 2.00 bits per heavy atom. The molecule has 0 aromatic heterocycles. The van der Waals surface area contributed by atoms with E-state index in [1.807, 2.05) is 0 Å². The number of aliphatic hydroxyl groups excluding tert-OH is 1. The van der Waals surface area contributed by atoms with E-state index in [9.17, 15) is 13.2 Å². The molecule has 0 aliphatic carbocycles. The van der Waals surface area contributed by atoms with Crippen LogP contribution in [-0.4, -0.2) is 50.0 Å². The molecule has 0 saturated heterocycles. The molecule has 0 bridgehead atoms. The summed E-state index contributed by atoms with van der Waals surface area (Å²) in [4.78, 5) is 0. The van der Waals surface area contributed by atoms with Crippen LogP contribution in [0, 0.1) is 0 Å². The molecule has 0 amide bonds. The largest absolute Gasteiger partial charge is 0.419 e. The first-order valence-electron chi connectivity index (χ1n) is 5.21. The van der Waals surface area contributed by atoms with Crippen LogP contribution in [-0.2, 0) is 9.47 Å². The van der Waals surface area contributed by atoms with Crippen molar-refractivity contribution in [3.05, 3.63) is 0 Å². The van der Waals surface area contributed by atoms with Crippen LogP contribution < -0.4 is 5.32 Å². The molecule has 0 aromatic carbocycles. The normalized spacial score (nSPS) is 14.4. The summed E-state index contributed by atoms with van der Waals surface area (Å²) in [7, 11) is 0. The van der Waals surface area contributed by atoms with Crippen molar-refractivity contribution in [2.45, 2.75) is 32.4 Å². The van der Waals surface area contributed by atoms with Crippen molar-refractivity contribution < 1.29 is 33.1 Å². The fourth-order valence-corrected chi connectivity index (χ4v) is 1.08. The average Bonchev–Trinajstić information content (AvgIpc) is 2.16. The lowest BCUT2D eigenvalue weighted by atomic mass is 10.3. The molecule has 0 aliphatic heterocycles. The standard InChI is InChI=1S/C9H18F3NO3/c1-3-15-8(16-4-2)6-13-5-7(14)9(10,11)12/h7-8,13-14H,3-6H2,1-2H3/p+1/t7-/m1/s1. The molecule has 7 heteroatoms. The Morgan fingerprint density at radius 2 is 1.62 bits per heavy atom. The first kappa shape index (κ1) is 15.6. The Bertz CT molecular complexity index is 172. The predicted octanol–water partition coefficient (Wildman–Crippen LogP) is -0.128. The third-order valence-electron chi connectivity index (χ3n) is 1.83. The zero-order valence-electron chi connectivity index (χ0n) is 9.46. The second-order valence-electron chi connectivity index (χ2n) is 3.16. The number of nitrogens with two attached hydrogens (primary N) is 1. The zero-order chi connectivity index (χ0) is 12.6. The van der Waals surface area contributed by atoms with Gasteiger partial charge in [-0.1, -0.05) is 0 Å². The van der Waals surface area contributed by atoms with Crippen LogP contribution in [0.4, 0.5) is 13.2 Å². The number of hydrogen-bond donors (Lipinski definition) is 2. The van der Waals surface area contributed by atoms with Crippen LogP contribution in [0.3, 0.4) is 0 Å². The molecule has 0 spiro atoms. The van der Waals surface area contributed by atoms with Gasteiger partial charge in [0.05, 0.1) is 0 Å². The minimum absolute atomic E-state index is 0.231. The molecule has 4 nitrogen and oxygen atoms in total. The molecular formula is C9H19F3NO3+. The maximum Gasteiger partial charge on any atom is 0.419 e. The molecule has 0 fully saturated rings. The molecule has 0 aromatic rings. The van der Waals surface area contributed by atoms with Gasteiger partial charge in [-0.3, -0.25) is 0 Å². The highest BCUT2D eigenvalue weighted by Crippen LogP contribution is 2.18. The molecule has 0 saturated carbocycles. The molecule has 0 heterocycles. The number of quaternary nitrogens is 1. The van der Waals surface area contributed by atoms with Crippen molar-refractivity contribution >= 4 is 0 Å². The summed E-state index contributed by atoms with van der Waals surface area (Å²) in [6, 6.07) is 0. The van der Waals surface area contributed by atoms with Gasteiger partial charge in [-0.05, 0) is 13.8 Å².